The highest BCUT2D eigenvalue weighted by molar-refractivity contribution is 8.13. The lowest BCUT2D eigenvalue weighted by molar-refractivity contribution is -0.111. The Morgan fingerprint density at radius 1 is 1.33 bits per heavy atom. The number of phenolic OH excluding ortho intramolecular Hbond substituents is 1. The number of rotatable bonds is 0. The molecule has 1 aromatic carbocycles. The molecule has 0 radical (unpaired) electrons. The fraction of sp³-hybridized carbons (Fsp3) is 0.222. The zero-order chi connectivity index (χ0) is 8.55. The van der Waals surface area contributed by atoms with Gasteiger partial charge in [-0.1, -0.05) is 17.8 Å². The first-order chi connectivity index (χ1) is 5.77. The maximum atomic E-state index is 11.0. The first-order valence-corrected chi connectivity index (χ1v) is 4.60. The van der Waals surface area contributed by atoms with Crippen molar-refractivity contribution in [1.82, 2.24) is 0 Å². The lowest BCUT2D eigenvalue weighted by atomic mass is 10.1. The fourth-order valence-corrected chi connectivity index (χ4v) is 2.23. The number of thioether (sulfide) groups is 1. The monoisotopic (exact) mass is 180 g/mol. The second kappa shape index (κ2) is 2.83. The van der Waals surface area contributed by atoms with Crippen LogP contribution in [-0.4, -0.2) is 10.2 Å². The first-order valence-electron chi connectivity index (χ1n) is 3.79. The van der Waals surface area contributed by atoms with Crippen molar-refractivity contribution in [3.05, 3.63) is 23.8 Å². The zero-order valence-electron chi connectivity index (χ0n) is 6.41. The number of benzene rings is 1. The summed E-state index contributed by atoms with van der Waals surface area (Å²) in [6.45, 7) is 0. The average Bonchev–Trinajstić information content (AvgIpc) is 2.04. The van der Waals surface area contributed by atoms with Gasteiger partial charge in [-0.2, -0.15) is 0 Å². The van der Waals surface area contributed by atoms with Crippen LogP contribution in [0.4, 0.5) is 0 Å². The van der Waals surface area contributed by atoms with Gasteiger partial charge >= 0.3 is 0 Å². The summed E-state index contributed by atoms with van der Waals surface area (Å²) in [6, 6.07) is 5.30. The molecule has 1 aliphatic heterocycles. The van der Waals surface area contributed by atoms with Gasteiger partial charge in [-0.25, -0.2) is 0 Å². The van der Waals surface area contributed by atoms with Crippen LogP contribution in [0, 0.1) is 0 Å². The Balaban J connectivity index is 2.48. The molecular weight excluding hydrogens is 172 g/mol. The number of carbonyl (C=O) groups excluding carboxylic acids is 1. The summed E-state index contributed by atoms with van der Waals surface area (Å²) in [5.41, 5.74) is 0.919. The molecule has 0 fully saturated rings. The van der Waals surface area contributed by atoms with Crippen LogP contribution in [0.3, 0.4) is 0 Å². The Morgan fingerprint density at radius 3 is 3.00 bits per heavy atom. The molecule has 0 unspecified atom stereocenters. The van der Waals surface area contributed by atoms with Crippen molar-refractivity contribution in [2.24, 2.45) is 0 Å². The van der Waals surface area contributed by atoms with Crippen LogP contribution in [0.2, 0.25) is 0 Å². The van der Waals surface area contributed by atoms with Gasteiger partial charge in [0.1, 0.15) is 5.75 Å². The summed E-state index contributed by atoms with van der Waals surface area (Å²) >= 11 is 1.23. The normalized spacial score (nSPS) is 15.8. The summed E-state index contributed by atoms with van der Waals surface area (Å²) < 4.78 is 0. The second-order valence-electron chi connectivity index (χ2n) is 2.73. The average molecular weight is 180 g/mol. The molecule has 0 atom stereocenters. The van der Waals surface area contributed by atoms with Gasteiger partial charge in [0.25, 0.3) is 0 Å². The van der Waals surface area contributed by atoms with Gasteiger partial charge in [0.05, 0.1) is 0 Å². The summed E-state index contributed by atoms with van der Waals surface area (Å²) in [5, 5.41) is 9.61. The van der Waals surface area contributed by atoms with E-state index in [0.29, 0.717) is 18.6 Å². The summed E-state index contributed by atoms with van der Waals surface area (Å²) in [4.78, 5) is 11.9. The number of hydrogen-bond donors (Lipinski definition) is 1. The SMILES string of the molecule is O=C1CCc2c(O)cccc2S1. The van der Waals surface area contributed by atoms with E-state index in [2.05, 4.69) is 0 Å². The van der Waals surface area contributed by atoms with Crippen LogP contribution >= 0.6 is 11.8 Å². The van der Waals surface area contributed by atoms with E-state index >= 15 is 0 Å². The quantitative estimate of drug-likeness (QED) is 0.663. The molecular formula is C9H8O2S. The van der Waals surface area contributed by atoms with Crippen molar-refractivity contribution in [3.8, 4) is 5.75 Å². The number of hydrogen-bond acceptors (Lipinski definition) is 3. The van der Waals surface area contributed by atoms with Gasteiger partial charge in [0.2, 0.25) is 0 Å². The van der Waals surface area contributed by atoms with Crippen LogP contribution in [0.1, 0.15) is 12.0 Å². The van der Waals surface area contributed by atoms with E-state index in [1.807, 2.05) is 6.07 Å². The molecule has 1 heterocycles. The van der Waals surface area contributed by atoms with Gasteiger partial charge in [0, 0.05) is 16.9 Å². The molecule has 0 aliphatic carbocycles. The molecule has 0 saturated heterocycles. The number of fused-ring (bicyclic) bond motifs is 1. The molecule has 1 N–H and O–H groups in total. The predicted octanol–water partition coefficient (Wildman–Crippen LogP) is 1.96. The minimum absolute atomic E-state index is 0.188. The van der Waals surface area contributed by atoms with Crippen molar-refractivity contribution < 1.29 is 9.90 Å². The lowest BCUT2D eigenvalue weighted by Gasteiger charge is -2.14. The van der Waals surface area contributed by atoms with Crippen LogP contribution < -0.4 is 0 Å². The van der Waals surface area contributed by atoms with Crippen molar-refractivity contribution in [1.29, 1.82) is 0 Å². The topological polar surface area (TPSA) is 37.3 Å². The first kappa shape index (κ1) is 7.68. The van der Waals surface area contributed by atoms with Gasteiger partial charge in [-0.05, 0) is 18.6 Å². The third-order valence-electron chi connectivity index (χ3n) is 1.91. The molecule has 1 aromatic rings. The second-order valence-corrected chi connectivity index (χ2v) is 3.83. The Bertz CT molecular complexity index is 333. The minimum Gasteiger partial charge on any atom is -0.508 e. The van der Waals surface area contributed by atoms with E-state index < -0.39 is 0 Å². The Morgan fingerprint density at radius 2 is 2.17 bits per heavy atom. The highest BCUT2D eigenvalue weighted by atomic mass is 32.2. The molecule has 0 aromatic heterocycles. The largest absolute Gasteiger partial charge is 0.508 e. The van der Waals surface area contributed by atoms with E-state index in [-0.39, 0.29) is 5.12 Å². The Labute approximate surface area is 74.6 Å². The molecule has 2 nitrogen and oxygen atoms in total. The smallest absolute Gasteiger partial charge is 0.194 e. The van der Waals surface area contributed by atoms with Crippen LogP contribution in [0.15, 0.2) is 23.1 Å². The molecule has 12 heavy (non-hydrogen) atoms. The maximum Gasteiger partial charge on any atom is 0.194 e. The van der Waals surface area contributed by atoms with Gasteiger partial charge in [-0.15, -0.1) is 0 Å². The van der Waals surface area contributed by atoms with Crippen molar-refractivity contribution in [3.63, 3.8) is 0 Å². The summed E-state index contributed by atoms with van der Waals surface area (Å²) in [5.74, 6) is 0.313. The van der Waals surface area contributed by atoms with Gasteiger partial charge in [-0.3, -0.25) is 4.79 Å². The molecule has 1 aliphatic rings. The standard InChI is InChI=1S/C9H8O2S/c10-7-2-1-3-8-6(7)4-5-9(11)12-8/h1-3,10H,4-5H2. The molecule has 2 rings (SSSR count). The highest BCUT2D eigenvalue weighted by Crippen LogP contribution is 2.35. The fourth-order valence-electron chi connectivity index (χ4n) is 1.30. The highest BCUT2D eigenvalue weighted by Gasteiger charge is 2.18. The molecule has 0 saturated carbocycles. The van der Waals surface area contributed by atoms with E-state index in [0.717, 1.165) is 10.5 Å². The number of phenols is 1. The summed E-state index contributed by atoms with van der Waals surface area (Å²) in [7, 11) is 0. The molecule has 0 amide bonds. The van der Waals surface area contributed by atoms with E-state index in [1.54, 1.807) is 12.1 Å². The van der Waals surface area contributed by atoms with E-state index in [9.17, 15) is 9.90 Å². The van der Waals surface area contributed by atoms with Crippen molar-refractivity contribution in [2.75, 3.05) is 0 Å². The van der Waals surface area contributed by atoms with Crippen LogP contribution in [0.5, 0.6) is 5.75 Å². The molecule has 0 spiro atoms. The maximum absolute atomic E-state index is 11.0. The third kappa shape index (κ3) is 1.20. The minimum atomic E-state index is 0.188. The van der Waals surface area contributed by atoms with E-state index in [1.165, 1.54) is 11.8 Å². The van der Waals surface area contributed by atoms with Gasteiger partial charge < -0.3 is 5.11 Å². The number of aromatic hydroxyl groups is 1. The lowest BCUT2D eigenvalue weighted by Crippen LogP contribution is -2.03. The molecule has 3 heteroatoms. The molecule has 62 valence electrons. The van der Waals surface area contributed by atoms with E-state index in [4.69, 9.17) is 0 Å². The van der Waals surface area contributed by atoms with Crippen LogP contribution in [0.25, 0.3) is 0 Å². The van der Waals surface area contributed by atoms with Crippen molar-refractivity contribution in [2.45, 2.75) is 17.7 Å². The third-order valence-corrected chi connectivity index (χ3v) is 2.95. The zero-order valence-corrected chi connectivity index (χ0v) is 7.23. The van der Waals surface area contributed by atoms with Crippen molar-refractivity contribution >= 4 is 16.9 Å². The molecule has 0 bridgehead atoms. The van der Waals surface area contributed by atoms with Gasteiger partial charge in [0.15, 0.2) is 5.12 Å². The number of carbonyl (C=O) groups is 1. The Kier molecular flexibility index (Phi) is 1.81. The van der Waals surface area contributed by atoms with Crippen LogP contribution in [-0.2, 0) is 11.2 Å². The Hall–Kier alpha value is -0.960. The summed E-state index contributed by atoms with van der Waals surface area (Å²) in [6.07, 6.45) is 1.21. The predicted molar refractivity (Wildman–Crippen MR) is 47.3 cm³/mol.